The smallest absolute Gasteiger partial charge is 0.244 e. The highest BCUT2D eigenvalue weighted by Crippen LogP contribution is 2.21. The van der Waals surface area contributed by atoms with Gasteiger partial charge in [0.2, 0.25) is 5.91 Å². The highest BCUT2D eigenvalue weighted by atomic mass is 19.1. The molecule has 1 heterocycles. The maximum absolute atomic E-state index is 13.4. The molecular formula is C23H32FN3O. The minimum Gasteiger partial charge on any atom is -0.373 e. The van der Waals surface area contributed by atoms with Crippen LogP contribution in [0.25, 0.3) is 0 Å². The van der Waals surface area contributed by atoms with Crippen LogP contribution in [0.3, 0.4) is 0 Å². The summed E-state index contributed by atoms with van der Waals surface area (Å²) in [5.74, 6) is -0.281. The molecule has 1 aromatic carbocycles. The van der Waals surface area contributed by atoms with Gasteiger partial charge in [0.15, 0.2) is 0 Å². The van der Waals surface area contributed by atoms with Gasteiger partial charge in [-0.15, -0.1) is 0 Å². The Labute approximate surface area is 168 Å². The summed E-state index contributed by atoms with van der Waals surface area (Å²) in [7, 11) is 0. The first-order valence-corrected chi connectivity index (χ1v) is 10.1. The Kier molecular flexibility index (Phi) is 8.45. The molecule has 1 amide bonds. The van der Waals surface area contributed by atoms with E-state index in [4.69, 9.17) is 0 Å². The molecule has 1 atom stereocenters. The molecule has 152 valence electrons. The molecule has 0 aromatic heterocycles. The van der Waals surface area contributed by atoms with E-state index in [1.165, 1.54) is 12.1 Å². The highest BCUT2D eigenvalue weighted by Gasteiger charge is 2.28. The minimum atomic E-state index is -0.309. The summed E-state index contributed by atoms with van der Waals surface area (Å²) in [5, 5.41) is 3.27. The van der Waals surface area contributed by atoms with Gasteiger partial charge >= 0.3 is 0 Å². The third-order valence-electron chi connectivity index (χ3n) is 5.13. The van der Waals surface area contributed by atoms with E-state index in [9.17, 15) is 9.18 Å². The van der Waals surface area contributed by atoms with Crippen molar-refractivity contribution < 1.29 is 9.18 Å². The fourth-order valence-corrected chi connectivity index (χ4v) is 3.36. The molecule has 0 saturated carbocycles. The van der Waals surface area contributed by atoms with Crippen LogP contribution in [0, 0.1) is 5.82 Å². The van der Waals surface area contributed by atoms with Crippen LogP contribution in [0.5, 0.6) is 0 Å². The van der Waals surface area contributed by atoms with E-state index in [0.29, 0.717) is 12.2 Å². The van der Waals surface area contributed by atoms with Crippen molar-refractivity contribution in [2.75, 3.05) is 31.1 Å². The fraction of sp³-hybridized carbons (Fsp3) is 0.435. The topological polar surface area (TPSA) is 35.6 Å². The van der Waals surface area contributed by atoms with E-state index in [1.54, 1.807) is 17.0 Å². The zero-order valence-corrected chi connectivity index (χ0v) is 17.2. The molecule has 28 heavy (non-hydrogen) atoms. The molecule has 1 fully saturated rings. The van der Waals surface area contributed by atoms with E-state index in [1.807, 2.05) is 25.2 Å². The lowest BCUT2D eigenvalue weighted by Gasteiger charge is -2.27. The maximum atomic E-state index is 13.4. The predicted molar refractivity (Wildman–Crippen MR) is 115 cm³/mol. The number of carbonyl (C=O) groups is 1. The van der Waals surface area contributed by atoms with Crippen LogP contribution in [-0.4, -0.2) is 43.0 Å². The van der Waals surface area contributed by atoms with Crippen LogP contribution in [-0.2, 0) is 4.79 Å². The standard InChI is InChI=1S/C23H32FN3O/c1-5-19(11-10-18(4)26(6-2)7-3)17-27(21-14-12-20(24)13-15-21)23(28)22-9-8-16-25-22/h5,10-15,22,25H,4,6-9,16-17H2,1-3H3/b11-10-,19-5+. The third kappa shape index (κ3) is 5.80. The summed E-state index contributed by atoms with van der Waals surface area (Å²) in [5.41, 5.74) is 2.65. The molecule has 1 N–H and O–H groups in total. The molecular weight excluding hydrogens is 353 g/mol. The van der Waals surface area contributed by atoms with Crippen molar-refractivity contribution in [2.45, 2.75) is 39.7 Å². The lowest BCUT2D eigenvalue weighted by atomic mass is 10.1. The minimum absolute atomic E-state index is 0.0272. The summed E-state index contributed by atoms with van der Waals surface area (Å²) in [4.78, 5) is 17.0. The quantitative estimate of drug-likeness (QED) is 0.645. The van der Waals surface area contributed by atoms with E-state index >= 15 is 0 Å². The van der Waals surface area contributed by atoms with Gasteiger partial charge in [0.05, 0.1) is 12.6 Å². The van der Waals surface area contributed by atoms with Crippen molar-refractivity contribution in [1.82, 2.24) is 10.2 Å². The molecule has 1 saturated heterocycles. The Balaban J connectivity index is 2.21. The summed E-state index contributed by atoms with van der Waals surface area (Å²) in [6, 6.07) is 5.93. The molecule has 0 bridgehead atoms. The van der Waals surface area contributed by atoms with Gasteiger partial charge in [-0.2, -0.15) is 0 Å². The van der Waals surface area contributed by atoms with Crippen LogP contribution < -0.4 is 10.2 Å². The number of likely N-dealkylation sites (N-methyl/N-ethyl adjacent to an activating group) is 1. The summed E-state index contributed by atoms with van der Waals surface area (Å²) >= 11 is 0. The second kappa shape index (κ2) is 10.8. The van der Waals surface area contributed by atoms with Gasteiger partial charge in [0.1, 0.15) is 5.82 Å². The van der Waals surface area contributed by atoms with Crippen molar-refractivity contribution in [3.63, 3.8) is 0 Å². The van der Waals surface area contributed by atoms with E-state index < -0.39 is 0 Å². The Morgan fingerprint density at radius 3 is 2.46 bits per heavy atom. The molecule has 4 nitrogen and oxygen atoms in total. The number of allylic oxidation sites excluding steroid dienone is 2. The number of halogens is 1. The molecule has 1 aromatic rings. The Morgan fingerprint density at radius 2 is 1.93 bits per heavy atom. The Bertz CT molecular complexity index is 714. The summed E-state index contributed by atoms with van der Waals surface area (Å²) < 4.78 is 13.4. The first kappa shape index (κ1) is 21.9. The van der Waals surface area contributed by atoms with Crippen LogP contribution in [0.1, 0.15) is 33.6 Å². The highest BCUT2D eigenvalue weighted by molar-refractivity contribution is 5.97. The second-order valence-corrected chi connectivity index (χ2v) is 6.91. The van der Waals surface area contributed by atoms with E-state index in [2.05, 4.69) is 30.6 Å². The number of rotatable bonds is 9. The largest absolute Gasteiger partial charge is 0.373 e. The van der Waals surface area contributed by atoms with Gasteiger partial charge in [0.25, 0.3) is 0 Å². The normalized spacial score (nSPS) is 17.1. The lowest BCUT2D eigenvalue weighted by Crippen LogP contribution is -2.44. The molecule has 2 rings (SSSR count). The van der Waals surface area contributed by atoms with E-state index in [-0.39, 0.29) is 17.8 Å². The predicted octanol–water partition coefficient (Wildman–Crippen LogP) is 4.27. The molecule has 1 unspecified atom stereocenters. The van der Waals surface area contributed by atoms with Crippen molar-refractivity contribution >= 4 is 11.6 Å². The van der Waals surface area contributed by atoms with Crippen molar-refractivity contribution in [3.8, 4) is 0 Å². The zero-order chi connectivity index (χ0) is 20.5. The molecule has 0 aliphatic carbocycles. The van der Waals surface area contributed by atoms with Gasteiger partial charge in [-0.1, -0.05) is 18.7 Å². The number of carbonyl (C=O) groups excluding carboxylic acids is 1. The molecule has 1 aliphatic heterocycles. The van der Waals surface area contributed by atoms with Crippen LogP contribution >= 0.6 is 0 Å². The average molecular weight is 386 g/mol. The lowest BCUT2D eigenvalue weighted by molar-refractivity contribution is -0.120. The summed E-state index contributed by atoms with van der Waals surface area (Å²) in [6.07, 6.45) is 7.82. The molecule has 0 spiro atoms. The first-order valence-electron chi connectivity index (χ1n) is 10.1. The average Bonchev–Trinajstić information content (AvgIpc) is 3.24. The summed E-state index contributed by atoms with van der Waals surface area (Å²) in [6.45, 7) is 13.4. The third-order valence-corrected chi connectivity index (χ3v) is 5.13. The number of hydrogen-bond acceptors (Lipinski definition) is 3. The van der Waals surface area contributed by atoms with Gasteiger partial charge in [-0.25, -0.2) is 4.39 Å². The van der Waals surface area contributed by atoms with Crippen molar-refractivity contribution in [1.29, 1.82) is 0 Å². The van der Waals surface area contributed by atoms with Gasteiger partial charge < -0.3 is 15.1 Å². The SMILES string of the molecule is C=C(/C=C\C(=C/C)CN(C(=O)C1CCCN1)c1ccc(F)cc1)N(CC)CC. The Hall–Kier alpha value is -2.40. The number of amides is 1. The maximum Gasteiger partial charge on any atom is 0.244 e. The van der Waals surface area contributed by atoms with Crippen LogP contribution in [0.15, 0.2) is 60.3 Å². The van der Waals surface area contributed by atoms with Crippen molar-refractivity contribution in [3.05, 3.63) is 66.2 Å². The molecule has 0 radical (unpaired) electrons. The van der Waals surface area contributed by atoms with Crippen LogP contribution in [0.2, 0.25) is 0 Å². The van der Waals surface area contributed by atoms with Crippen LogP contribution in [0.4, 0.5) is 10.1 Å². The Morgan fingerprint density at radius 1 is 1.25 bits per heavy atom. The monoisotopic (exact) mass is 385 g/mol. The van der Waals surface area contributed by atoms with Gasteiger partial charge in [0, 0.05) is 24.5 Å². The van der Waals surface area contributed by atoms with Crippen molar-refractivity contribution in [2.24, 2.45) is 0 Å². The number of hydrogen-bond donors (Lipinski definition) is 1. The van der Waals surface area contributed by atoms with E-state index in [0.717, 1.165) is 43.7 Å². The van der Waals surface area contributed by atoms with Gasteiger partial charge in [-0.3, -0.25) is 4.79 Å². The first-order chi connectivity index (χ1) is 13.5. The number of anilines is 1. The number of benzene rings is 1. The second-order valence-electron chi connectivity index (χ2n) is 6.91. The van der Waals surface area contributed by atoms with Gasteiger partial charge in [-0.05, 0) is 76.1 Å². The fourth-order valence-electron chi connectivity index (χ4n) is 3.36. The number of nitrogens with zero attached hydrogens (tertiary/aromatic N) is 2. The number of nitrogens with one attached hydrogen (secondary N) is 1. The molecule has 1 aliphatic rings. The zero-order valence-electron chi connectivity index (χ0n) is 17.2. The molecule has 5 heteroatoms.